The highest BCUT2D eigenvalue weighted by Crippen LogP contribution is 2.46. The van der Waals surface area contributed by atoms with Crippen LogP contribution in [0.1, 0.15) is 29.9 Å². The van der Waals surface area contributed by atoms with Gasteiger partial charge in [-0.3, -0.25) is 0 Å². The van der Waals surface area contributed by atoms with E-state index in [2.05, 4.69) is 10.2 Å². The third kappa shape index (κ3) is 1.98. The molecule has 1 heterocycles. The SMILES string of the molecule is FC(F)(F)c1ccc(-c2nnco2)cc1C1CC1. The molecule has 0 unspecified atom stereocenters. The van der Waals surface area contributed by atoms with Crippen molar-refractivity contribution >= 4 is 0 Å². The second-order valence-electron chi connectivity index (χ2n) is 4.32. The first kappa shape index (κ1) is 11.3. The van der Waals surface area contributed by atoms with Gasteiger partial charge in [0.1, 0.15) is 0 Å². The maximum absolute atomic E-state index is 12.9. The zero-order valence-electron chi connectivity index (χ0n) is 9.24. The molecule has 0 atom stereocenters. The molecular weight excluding hydrogens is 245 g/mol. The van der Waals surface area contributed by atoms with Crippen LogP contribution in [0.25, 0.3) is 11.5 Å². The van der Waals surface area contributed by atoms with Crippen molar-refractivity contribution in [1.82, 2.24) is 10.2 Å². The molecule has 1 aliphatic carbocycles. The first-order valence-electron chi connectivity index (χ1n) is 5.53. The molecule has 18 heavy (non-hydrogen) atoms. The highest BCUT2D eigenvalue weighted by Gasteiger charge is 2.38. The molecule has 1 saturated carbocycles. The number of hydrogen-bond acceptors (Lipinski definition) is 3. The van der Waals surface area contributed by atoms with Gasteiger partial charge in [-0.25, -0.2) is 0 Å². The van der Waals surface area contributed by atoms with E-state index in [0.29, 0.717) is 11.1 Å². The van der Waals surface area contributed by atoms with Crippen LogP contribution in [0, 0.1) is 0 Å². The number of nitrogens with zero attached hydrogens (tertiary/aromatic N) is 2. The Morgan fingerprint density at radius 1 is 1.22 bits per heavy atom. The molecule has 1 aliphatic rings. The number of hydrogen-bond donors (Lipinski definition) is 0. The smallest absolute Gasteiger partial charge is 0.416 e. The molecule has 3 rings (SSSR count). The predicted molar refractivity (Wildman–Crippen MR) is 56.7 cm³/mol. The molecule has 0 spiro atoms. The topological polar surface area (TPSA) is 38.9 Å². The van der Waals surface area contributed by atoms with Crippen molar-refractivity contribution in [2.24, 2.45) is 0 Å². The zero-order chi connectivity index (χ0) is 12.8. The van der Waals surface area contributed by atoms with Crippen LogP contribution < -0.4 is 0 Å². The summed E-state index contributed by atoms with van der Waals surface area (Å²) in [4.78, 5) is 0. The number of benzene rings is 1. The predicted octanol–water partition coefficient (Wildman–Crippen LogP) is 3.63. The number of aromatic nitrogens is 2. The highest BCUT2D eigenvalue weighted by molar-refractivity contribution is 5.57. The van der Waals surface area contributed by atoms with E-state index in [1.165, 1.54) is 12.1 Å². The van der Waals surface area contributed by atoms with E-state index in [1.54, 1.807) is 0 Å². The van der Waals surface area contributed by atoms with E-state index >= 15 is 0 Å². The van der Waals surface area contributed by atoms with Crippen molar-refractivity contribution in [2.45, 2.75) is 24.9 Å². The lowest BCUT2D eigenvalue weighted by atomic mass is 9.99. The minimum Gasteiger partial charge on any atom is -0.423 e. The Balaban J connectivity index is 2.09. The lowest BCUT2D eigenvalue weighted by Crippen LogP contribution is -2.08. The molecule has 0 saturated heterocycles. The van der Waals surface area contributed by atoms with Crippen molar-refractivity contribution in [2.75, 3.05) is 0 Å². The van der Waals surface area contributed by atoms with Gasteiger partial charge in [0.15, 0.2) is 0 Å². The van der Waals surface area contributed by atoms with Gasteiger partial charge in [0.05, 0.1) is 5.56 Å². The molecule has 3 nitrogen and oxygen atoms in total. The summed E-state index contributed by atoms with van der Waals surface area (Å²) in [6.45, 7) is 0. The van der Waals surface area contributed by atoms with Crippen LogP contribution in [0.4, 0.5) is 13.2 Å². The minimum atomic E-state index is -4.31. The molecule has 0 bridgehead atoms. The molecule has 0 N–H and O–H groups in total. The van der Waals surface area contributed by atoms with Gasteiger partial charge in [-0.05, 0) is 42.5 Å². The molecule has 2 aromatic rings. The largest absolute Gasteiger partial charge is 0.423 e. The van der Waals surface area contributed by atoms with Crippen LogP contribution in [0.2, 0.25) is 0 Å². The Morgan fingerprint density at radius 2 is 2.00 bits per heavy atom. The average molecular weight is 254 g/mol. The second kappa shape index (κ2) is 3.83. The molecule has 1 aromatic carbocycles. The third-order valence-electron chi connectivity index (χ3n) is 2.98. The summed E-state index contributed by atoms with van der Waals surface area (Å²) in [6, 6.07) is 3.96. The third-order valence-corrected chi connectivity index (χ3v) is 2.98. The van der Waals surface area contributed by atoms with Crippen molar-refractivity contribution in [3.05, 3.63) is 35.7 Å². The summed E-state index contributed by atoms with van der Waals surface area (Å²) in [5.41, 5.74) is 0.300. The first-order valence-corrected chi connectivity index (χ1v) is 5.53. The van der Waals surface area contributed by atoms with Gasteiger partial charge in [-0.2, -0.15) is 13.2 Å². The van der Waals surface area contributed by atoms with Gasteiger partial charge in [0, 0.05) is 5.56 Å². The van der Waals surface area contributed by atoms with E-state index < -0.39 is 11.7 Å². The second-order valence-corrected chi connectivity index (χ2v) is 4.32. The number of rotatable bonds is 2. The maximum atomic E-state index is 12.9. The van der Waals surface area contributed by atoms with Gasteiger partial charge < -0.3 is 4.42 Å². The summed E-state index contributed by atoms with van der Waals surface area (Å²) in [5.74, 6) is 0.245. The monoisotopic (exact) mass is 254 g/mol. The van der Waals surface area contributed by atoms with Crippen LogP contribution in [-0.4, -0.2) is 10.2 Å². The van der Waals surface area contributed by atoms with Gasteiger partial charge in [-0.15, -0.1) is 10.2 Å². The standard InChI is InChI=1S/C12H9F3N2O/c13-12(14,15)10-4-3-8(11-17-16-6-18-11)5-9(10)7-1-2-7/h3-7H,1-2H2. The Hall–Kier alpha value is -1.85. The van der Waals surface area contributed by atoms with Crippen molar-refractivity contribution in [3.8, 4) is 11.5 Å². The highest BCUT2D eigenvalue weighted by atomic mass is 19.4. The normalized spacial score (nSPS) is 15.9. The van der Waals surface area contributed by atoms with Crippen LogP contribution >= 0.6 is 0 Å². The van der Waals surface area contributed by atoms with Crippen LogP contribution in [0.15, 0.2) is 29.0 Å². The fourth-order valence-corrected chi connectivity index (χ4v) is 1.98. The lowest BCUT2D eigenvalue weighted by molar-refractivity contribution is -0.138. The summed E-state index contributed by atoms with van der Waals surface area (Å²) < 4.78 is 43.6. The molecule has 0 amide bonds. The quantitative estimate of drug-likeness (QED) is 0.821. The fraction of sp³-hybridized carbons (Fsp3) is 0.333. The fourth-order valence-electron chi connectivity index (χ4n) is 1.98. The van der Waals surface area contributed by atoms with E-state index in [9.17, 15) is 13.2 Å². The van der Waals surface area contributed by atoms with E-state index in [0.717, 1.165) is 25.3 Å². The van der Waals surface area contributed by atoms with Crippen molar-refractivity contribution < 1.29 is 17.6 Å². The molecule has 1 fully saturated rings. The van der Waals surface area contributed by atoms with Gasteiger partial charge in [0.25, 0.3) is 0 Å². The average Bonchev–Trinajstić information content (AvgIpc) is 3.02. The first-order chi connectivity index (χ1) is 8.55. The van der Waals surface area contributed by atoms with Crippen molar-refractivity contribution in [3.63, 3.8) is 0 Å². The molecule has 1 aromatic heterocycles. The summed E-state index contributed by atoms with van der Waals surface area (Å²) in [6.07, 6.45) is -1.55. The van der Waals surface area contributed by atoms with Gasteiger partial charge in [-0.1, -0.05) is 0 Å². The Morgan fingerprint density at radius 3 is 2.56 bits per heavy atom. The molecule has 94 valence electrons. The lowest BCUT2D eigenvalue weighted by Gasteiger charge is -2.13. The number of alkyl halides is 3. The van der Waals surface area contributed by atoms with Gasteiger partial charge >= 0.3 is 6.18 Å². The Bertz CT molecular complexity index is 559. The minimum absolute atomic E-state index is 0.00416. The van der Waals surface area contributed by atoms with Crippen LogP contribution in [0.5, 0.6) is 0 Å². The van der Waals surface area contributed by atoms with Crippen molar-refractivity contribution in [1.29, 1.82) is 0 Å². The summed E-state index contributed by atoms with van der Waals surface area (Å²) >= 11 is 0. The summed E-state index contributed by atoms with van der Waals surface area (Å²) in [7, 11) is 0. The summed E-state index contributed by atoms with van der Waals surface area (Å²) in [5, 5.41) is 7.22. The Labute approximate surface area is 101 Å². The maximum Gasteiger partial charge on any atom is 0.416 e. The van der Waals surface area contributed by atoms with Crippen LogP contribution in [-0.2, 0) is 6.18 Å². The van der Waals surface area contributed by atoms with E-state index in [-0.39, 0.29) is 11.8 Å². The van der Waals surface area contributed by atoms with E-state index in [1.807, 2.05) is 0 Å². The number of halogens is 3. The Kier molecular flexibility index (Phi) is 2.39. The molecule has 0 aliphatic heterocycles. The molecular formula is C12H9F3N2O. The van der Waals surface area contributed by atoms with Crippen LogP contribution in [0.3, 0.4) is 0 Å². The van der Waals surface area contributed by atoms with Gasteiger partial charge in [0.2, 0.25) is 12.3 Å². The molecule has 0 radical (unpaired) electrons. The molecule has 6 heteroatoms. The zero-order valence-corrected chi connectivity index (χ0v) is 9.24. The van der Waals surface area contributed by atoms with E-state index in [4.69, 9.17) is 4.42 Å².